The first-order valence-electron chi connectivity index (χ1n) is 10.7. The summed E-state index contributed by atoms with van der Waals surface area (Å²) in [5.41, 5.74) is 4.37. The van der Waals surface area contributed by atoms with Crippen LogP contribution in [0.5, 0.6) is 5.75 Å². The van der Waals surface area contributed by atoms with Crippen LogP contribution in [-0.2, 0) is 16.6 Å². The maximum Gasteiger partial charge on any atom is 0.270 e. The first-order valence-corrected chi connectivity index (χ1v) is 12.1. The number of anilines is 1. The van der Waals surface area contributed by atoms with Gasteiger partial charge in [-0.05, 0) is 41.5 Å². The highest BCUT2D eigenvalue weighted by molar-refractivity contribution is 7.89. The maximum absolute atomic E-state index is 13.0. The number of nitrogens with one attached hydrogen (secondary N) is 1. The summed E-state index contributed by atoms with van der Waals surface area (Å²) in [7, 11) is -3.94. The molecule has 178 valence electrons. The average molecular weight is 483 g/mol. The van der Waals surface area contributed by atoms with Gasteiger partial charge in [-0.15, -0.1) is 0 Å². The van der Waals surface area contributed by atoms with E-state index >= 15 is 0 Å². The van der Waals surface area contributed by atoms with Crippen molar-refractivity contribution in [2.24, 2.45) is 5.10 Å². The molecule has 0 radical (unpaired) electrons. The van der Waals surface area contributed by atoms with Gasteiger partial charge in [0.1, 0.15) is 17.3 Å². The number of nitro groups is 1. The summed E-state index contributed by atoms with van der Waals surface area (Å²) in [6.45, 7) is 4.35. The molecule has 0 aromatic heterocycles. The standard InChI is InChI=1S/C24H26N4O5S/c1-3-27(4-2)34(31,32)24-16-21(28(29)30)12-15-23(24)26-25-17-19-10-13-22(14-11-19)33-18-20-8-6-5-7-9-20/h5-17,26H,3-4,18H2,1-2H3. The Labute approximate surface area is 198 Å². The van der Waals surface area contributed by atoms with Crippen molar-refractivity contribution in [2.45, 2.75) is 25.3 Å². The lowest BCUT2D eigenvalue weighted by molar-refractivity contribution is -0.385. The van der Waals surface area contributed by atoms with Gasteiger partial charge in [0.2, 0.25) is 10.0 Å². The van der Waals surface area contributed by atoms with E-state index in [2.05, 4.69) is 10.5 Å². The number of hydrogen-bond acceptors (Lipinski definition) is 7. The van der Waals surface area contributed by atoms with Crippen LogP contribution in [0.4, 0.5) is 11.4 Å². The second-order valence-corrected chi connectivity index (χ2v) is 9.15. The Kier molecular flexibility index (Phi) is 8.34. The van der Waals surface area contributed by atoms with E-state index in [1.165, 1.54) is 22.7 Å². The summed E-state index contributed by atoms with van der Waals surface area (Å²) in [5.74, 6) is 0.705. The zero-order valence-electron chi connectivity index (χ0n) is 18.9. The fourth-order valence-electron chi connectivity index (χ4n) is 3.20. The van der Waals surface area contributed by atoms with Crippen LogP contribution < -0.4 is 10.2 Å². The van der Waals surface area contributed by atoms with E-state index in [4.69, 9.17) is 4.74 Å². The summed E-state index contributed by atoms with van der Waals surface area (Å²) in [4.78, 5) is 10.4. The minimum Gasteiger partial charge on any atom is -0.489 e. The average Bonchev–Trinajstić information content (AvgIpc) is 2.84. The van der Waals surface area contributed by atoms with Crippen LogP contribution in [0.2, 0.25) is 0 Å². The molecule has 0 unspecified atom stereocenters. The quantitative estimate of drug-likeness (QED) is 0.242. The highest BCUT2D eigenvalue weighted by Crippen LogP contribution is 2.29. The van der Waals surface area contributed by atoms with Gasteiger partial charge in [0.05, 0.1) is 16.8 Å². The van der Waals surface area contributed by atoms with E-state index in [-0.39, 0.29) is 29.4 Å². The molecular weight excluding hydrogens is 456 g/mol. The number of rotatable bonds is 11. The molecule has 9 nitrogen and oxygen atoms in total. The molecule has 3 aromatic carbocycles. The zero-order chi connectivity index (χ0) is 24.6. The Morgan fingerprint density at radius 2 is 1.71 bits per heavy atom. The lowest BCUT2D eigenvalue weighted by Crippen LogP contribution is -2.31. The predicted molar refractivity (Wildman–Crippen MR) is 132 cm³/mol. The molecule has 0 aliphatic carbocycles. The van der Waals surface area contributed by atoms with Crippen LogP contribution in [-0.4, -0.2) is 37.0 Å². The van der Waals surface area contributed by atoms with E-state index in [9.17, 15) is 18.5 Å². The second kappa shape index (κ2) is 11.4. The number of nitro benzene ring substituents is 1. The molecule has 0 aliphatic heterocycles. The fraction of sp³-hybridized carbons (Fsp3) is 0.208. The third-order valence-corrected chi connectivity index (χ3v) is 7.12. The van der Waals surface area contributed by atoms with E-state index in [0.29, 0.717) is 12.4 Å². The van der Waals surface area contributed by atoms with Gasteiger partial charge in [-0.25, -0.2) is 8.42 Å². The summed E-state index contributed by atoms with van der Waals surface area (Å²) in [6.07, 6.45) is 1.52. The molecule has 0 saturated carbocycles. The molecular formula is C24H26N4O5S. The van der Waals surface area contributed by atoms with Gasteiger partial charge in [-0.3, -0.25) is 15.5 Å². The Hall–Kier alpha value is -3.76. The fourth-order valence-corrected chi connectivity index (χ4v) is 4.82. The number of hydrazone groups is 1. The molecule has 0 aliphatic rings. The first-order chi connectivity index (χ1) is 16.3. The van der Waals surface area contributed by atoms with Crippen LogP contribution in [0.15, 0.2) is 82.8 Å². The lowest BCUT2D eigenvalue weighted by atomic mass is 10.2. The summed E-state index contributed by atoms with van der Waals surface area (Å²) < 4.78 is 33.0. The predicted octanol–water partition coefficient (Wildman–Crippen LogP) is 4.65. The molecule has 3 rings (SSSR count). The topological polar surface area (TPSA) is 114 Å². The number of hydrogen-bond donors (Lipinski definition) is 1. The van der Waals surface area contributed by atoms with Crippen molar-refractivity contribution in [1.29, 1.82) is 0 Å². The molecule has 1 N–H and O–H groups in total. The van der Waals surface area contributed by atoms with E-state index in [1.807, 2.05) is 54.6 Å². The highest BCUT2D eigenvalue weighted by Gasteiger charge is 2.27. The second-order valence-electron chi connectivity index (χ2n) is 7.24. The molecule has 10 heteroatoms. The number of ether oxygens (including phenoxy) is 1. The van der Waals surface area contributed by atoms with E-state index in [0.717, 1.165) is 17.2 Å². The molecule has 3 aromatic rings. The SMILES string of the molecule is CCN(CC)S(=O)(=O)c1cc([N+](=O)[O-])ccc1NN=Cc1ccc(OCc2ccccc2)cc1. The normalized spacial score (nSPS) is 11.6. The molecule has 0 bridgehead atoms. The van der Waals surface area contributed by atoms with Crippen molar-refractivity contribution in [2.75, 3.05) is 18.5 Å². The number of nitrogens with zero attached hydrogens (tertiary/aromatic N) is 3. The lowest BCUT2D eigenvalue weighted by Gasteiger charge is -2.20. The molecule has 34 heavy (non-hydrogen) atoms. The Morgan fingerprint density at radius 3 is 2.32 bits per heavy atom. The molecule has 0 saturated heterocycles. The number of sulfonamides is 1. The molecule has 0 fully saturated rings. The summed E-state index contributed by atoms with van der Waals surface area (Å²) >= 11 is 0. The van der Waals surface area contributed by atoms with Crippen LogP contribution in [0.3, 0.4) is 0 Å². The van der Waals surface area contributed by atoms with Gasteiger partial charge in [0, 0.05) is 25.2 Å². The van der Waals surface area contributed by atoms with Crippen LogP contribution in [0, 0.1) is 10.1 Å². The van der Waals surface area contributed by atoms with E-state index in [1.54, 1.807) is 13.8 Å². The largest absolute Gasteiger partial charge is 0.489 e. The van der Waals surface area contributed by atoms with Crippen molar-refractivity contribution in [1.82, 2.24) is 4.31 Å². The minimum atomic E-state index is -3.94. The maximum atomic E-state index is 13.0. The van der Waals surface area contributed by atoms with Gasteiger partial charge in [-0.2, -0.15) is 9.41 Å². The monoisotopic (exact) mass is 482 g/mol. The van der Waals surface area contributed by atoms with Gasteiger partial charge >= 0.3 is 0 Å². The smallest absolute Gasteiger partial charge is 0.270 e. The third kappa shape index (κ3) is 6.18. The van der Waals surface area contributed by atoms with Gasteiger partial charge < -0.3 is 4.74 Å². The molecule has 0 amide bonds. The van der Waals surface area contributed by atoms with E-state index < -0.39 is 14.9 Å². The first kappa shape index (κ1) is 24.9. The van der Waals surface area contributed by atoms with Crippen LogP contribution in [0.1, 0.15) is 25.0 Å². The van der Waals surface area contributed by atoms with Crippen molar-refractivity contribution < 1.29 is 18.1 Å². The number of non-ortho nitro benzene ring substituents is 1. The van der Waals surface area contributed by atoms with Gasteiger partial charge in [0.15, 0.2) is 0 Å². The van der Waals surface area contributed by atoms with Crippen molar-refractivity contribution in [3.63, 3.8) is 0 Å². The highest BCUT2D eigenvalue weighted by atomic mass is 32.2. The van der Waals surface area contributed by atoms with Gasteiger partial charge in [-0.1, -0.05) is 44.2 Å². The van der Waals surface area contributed by atoms with Crippen LogP contribution in [0.25, 0.3) is 0 Å². The summed E-state index contributed by atoms with van der Waals surface area (Å²) in [6, 6.07) is 20.7. The Balaban J connectivity index is 1.74. The molecule has 0 spiro atoms. The third-order valence-electron chi connectivity index (χ3n) is 5.03. The van der Waals surface area contributed by atoms with Crippen molar-refractivity contribution in [3.05, 3.63) is 94.0 Å². The number of benzene rings is 3. The summed E-state index contributed by atoms with van der Waals surface area (Å²) in [5, 5.41) is 15.3. The van der Waals surface area contributed by atoms with Crippen molar-refractivity contribution in [3.8, 4) is 5.75 Å². The zero-order valence-corrected chi connectivity index (χ0v) is 19.7. The van der Waals surface area contributed by atoms with Crippen LogP contribution >= 0.6 is 0 Å². The Morgan fingerprint density at radius 1 is 1.03 bits per heavy atom. The molecule has 0 atom stereocenters. The Bertz CT molecular complexity index is 1240. The van der Waals surface area contributed by atoms with Crippen molar-refractivity contribution >= 4 is 27.6 Å². The minimum absolute atomic E-state index is 0.150. The van der Waals surface area contributed by atoms with Gasteiger partial charge in [0.25, 0.3) is 5.69 Å². The molecule has 0 heterocycles.